The van der Waals surface area contributed by atoms with Crippen LogP contribution in [0.4, 0.5) is 0 Å². The van der Waals surface area contributed by atoms with Gasteiger partial charge in [0.05, 0.1) is 21.1 Å². The lowest BCUT2D eigenvalue weighted by atomic mass is 9.96. The van der Waals surface area contributed by atoms with Crippen LogP contribution in [0.2, 0.25) is 0 Å². The zero-order valence-electron chi connectivity index (χ0n) is 19.1. The zero-order valence-corrected chi connectivity index (χ0v) is 19.1. The highest BCUT2D eigenvalue weighted by Gasteiger charge is 2.22. The van der Waals surface area contributed by atoms with E-state index >= 15 is 0 Å². The summed E-state index contributed by atoms with van der Waals surface area (Å²) in [7, 11) is 5.84. The fraction of sp³-hybridized carbons (Fsp3) is 0.913. The first-order valence-electron chi connectivity index (χ1n) is 11.3. The highest BCUT2D eigenvalue weighted by Crippen LogP contribution is 2.18. The predicted molar refractivity (Wildman–Crippen MR) is 113 cm³/mol. The molecule has 0 saturated carbocycles. The van der Waals surface area contributed by atoms with Crippen molar-refractivity contribution in [2.75, 3.05) is 27.7 Å². The second-order valence-corrected chi connectivity index (χ2v) is 9.42. The van der Waals surface area contributed by atoms with Gasteiger partial charge in [-0.3, -0.25) is 4.79 Å². The van der Waals surface area contributed by atoms with Gasteiger partial charge in [-0.25, -0.2) is 0 Å². The fourth-order valence-corrected chi connectivity index (χ4v) is 3.55. The van der Waals surface area contributed by atoms with Gasteiger partial charge in [0.15, 0.2) is 6.10 Å². The molecule has 0 aromatic carbocycles. The number of ether oxygens (including phenoxy) is 1. The molecule has 0 bridgehead atoms. The number of rotatable bonds is 18. The first-order chi connectivity index (χ1) is 13.1. The molecule has 0 heterocycles. The molecule has 0 aromatic heterocycles. The van der Waals surface area contributed by atoms with Crippen LogP contribution in [0.1, 0.15) is 97.3 Å². The average molecular weight is 400 g/mol. The number of carboxylic acids is 1. The van der Waals surface area contributed by atoms with E-state index in [1.807, 2.05) is 21.1 Å². The molecule has 0 aromatic rings. The Morgan fingerprint density at radius 2 is 1.43 bits per heavy atom. The van der Waals surface area contributed by atoms with E-state index in [2.05, 4.69) is 13.8 Å². The van der Waals surface area contributed by atoms with Crippen molar-refractivity contribution in [1.29, 1.82) is 0 Å². The molecule has 0 rings (SSSR count). The number of carbonyl (C=O) groups excluding carboxylic acids is 2. The average Bonchev–Trinajstić information content (AvgIpc) is 2.55. The normalized spacial score (nSPS) is 13.9. The summed E-state index contributed by atoms with van der Waals surface area (Å²) in [6, 6.07) is 0. The number of carbonyl (C=O) groups is 2. The lowest BCUT2D eigenvalue weighted by Gasteiger charge is -2.29. The van der Waals surface area contributed by atoms with Crippen LogP contribution in [0.15, 0.2) is 0 Å². The molecule has 0 radical (unpaired) electrons. The van der Waals surface area contributed by atoms with E-state index in [0.29, 0.717) is 23.4 Å². The summed E-state index contributed by atoms with van der Waals surface area (Å²) in [4.78, 5) is 23.0. The van der Waals surface area contributed by atoms with Gasteiger partial charge in [-0.1, -0.05) is 78.1 Å². The number of likely N-dealkylation sites (N-methyl/N-ethyl adjacent to an activating group) is 1. The number of hydrogen-bond donors (Lipinski definition) is 0. The van der Waals surface area contributed by atoms with Crippen molar-refractivity contribution in [1.82, 2.24) is 0 Å². The van der Waals surface area contributed by atoms with Crippen molar-refractivity contribution in [3.63, 3.8) is 0 Å². The maximum Gasteiger partial charge on any atom is 0.306 e. The summed E-state index contributed by atoms with van der Waals surface area (Å²) in [5.41, 5.74) is 0. The van der Waals surface area contributed by atoms with E-state index in [0.717, 1.165) is 12.8 Å². The van der Waals surface area contributed by atoms with Crippen LogP contribution in [0.3, 0.4) is 0 Å². The van der Waals surface area contributed by atoms with Crippen molar-refractivity contribution < 1.29 is 23.9 Å². The summed E-state index contributed by atoms with van der Waals surface area (Å²) in [5.74, 6) is -0.845. The molecule has 0 amide bonds. The van der Waals surface area contributed by atoms with Crippen LogP contribution in [-0.2, 0) is 14.3 Å². The van der Waals surface area contributed by atoms with Crippen LogP contribution >= 0.6 is 0 Å². The first-order valence-corrected chi connectivity index (χ1v) is 11.3. The largest absolute Gasteiger partial charge is 0.550 e. The van der Waals surface area contributed by atoms with Crippen molar-refractivity contribution in [2.45, 2.75) is 103 Å². The Balaban J connectivity index is 3.85. The Bertz CT molecular complexity index is 417. The molecule has 2 atom stereocenters. The molecule has 0 saturated heterocycles. The van der Waals surface area contributed by atoms with Crippen LogP contribution in [0, 0.1) is 5.92 Å². The van der Waals surface area contributed by atoms with Gasteiger partial charge in [-0.2, -0.15) is 0 Å². The van der Waals surface area contributed by atoms with E-state index in [9.17, 15) is 14.7 Å². The molecule has 0 N–H and O–H groups in total. The van der Waals surface area contributed by atoms with Crippen molar-refractivity contribution in [3.8, 4) is 0 Å². The van der Waals surface area contributed by atoms with E-state index < -0.39 is 12.1 Å². The van der Waals surface area contributed by atoms with Gasteiger partial charge in [-0.15, -0.1) is 0 Å². The molecule has 0 aliphatic heterocycles. The Morgan fingerprint density at radius 3 is 1.96 bits per heavy atom. The molecule has 0 fully saturated rings. The third-order valence-corrected chi connectivity index (χ3v) is 5.07. The van der Waals surface area contributed by atoms with Crippen LogP contribution in [-0.4, -0.2) is 50.2 Å². The Morgan fingerprint density at radius 1 is 0.893 bits per heavy atom. The highest BCUT2D eigenvalue weighted by atomic mass is 16.5. The minimum Gasteiger partial charge on any atom is -0.550 e. The molecule has 0 spiro atoms. The van der Waals surface area contributed by atoms with Crippen LogP contribution in [0.25, 0.3) is 0 Å². The third-order valence-electron chi connectivity index (χ3n) is 5.07. The standard InChI is InChI=1S/C23H45NO4/c1-6-7-8-9-10-11-12-13-15-20(2)16-14-17-23(27)28-21(18-22(25)26)19-24(3,4)5/h20-21H,6-19H2,1-5H3. The summed E-state index contributed by atoms with van der Waals surface area (Å²) in [5, 5.41) is 10.9. The van der Waals surface area contributed by atoms with Gasteiger partial charge in [0.1, 0.15) is 6.54 Å². The molecular weight excluding hydrogens is 354 g/mol. The lowest BCUT2D eigenvalue weighted by Crippen LogP contribution is -2.45. The Kier molecular flexibility index (Phi) is 15.2. The molecule has 166 valence electrons. The number of unbranched alkanes of at least 4 members (excludes halogenated alkanes) is 7. The molecule has 2 unspecified atom stereocenters. The molecule has 0 aliphatic rings. The fourth-order valence-electron chi connectivity index (χ4n) is 3.55. The quantitative estimate of drug-likeness (QED) is 0.198. The molecule has 5 heteroatoms. The maximum atomic E-state index is 12.1. The highest BCUT2D eigenvalue weighted by molar-refractivity contribution is 5.70. The minimum atomic E-state index is -1.18. The van der Waals surface area contributed by atoms with E-state index in [4.69, 9.17) is 4.74 Å². The molecule has 28 heavy (non-hydrogen) atoms. The van der Waals surface area contributed by atoms with E-state index in [-0.39, 0.29) is 12.4 Å². The number of quaternary nitrogens is 1. The molecular formula is C23H45NO4. The van der Waals surface area contributed by atoms with E-state index in [1.165, 1.54) is 57.8 Å². The molecule has 5 nitrogen and oxygen atoms in total. The minimum absolute atomic E-state index is 0.240. The van der Waals surface area contributed by atoms with Crippen molar-refractivity contribution in [2.24, 2.45) is 5.92 Å². The summed E-state index contributed by atoms with van der Waals surface area (Å²) in [6.45, 7) is 4.97. The number of hydrogen-bond acceptors (Lipinski definition) is 4. The van der Waals surface area contributed by atoms with Gasteiger partial charge in [0.25, 0.3) is 0 Å². The lowest BCUT2D eigenvalue weighted by molar-refractivity contribution is -0.873. The Labute approximate surface area is 173 Å². The molecule has 0 aliphatic carbocycles. The van der Waals surface area contributed by atoms with Gasteiger partial charge in [-0.05, 0) is 12.3 Å². The smallest absolute Gasteiger partial charge is 0.306 e. The van der Waals surface area contributed by atoms with Gasteiger partial charge in [0.2, 0.25) is 0 Å². The van der Waals surface area contributed by atoms with Crippen molar-refractivity contribution in [3.05, 3.63) is 0 Å². The van der Waals surface area contributed by atoms with E-state index in [1.54, 1.807) is 0 Å². The van der Waals surface area contributed by atoms with Gasteiger partial charge < -0.3 is 19.1 Å². The van der Waals surface area contributed by atoms with Crippen molar-refractivity contribution >= 4 is 11.9 Å². The van der Waals surface area contributed by atoms with Crippen LogP contribution < -0.4 is 5.11 Å². The number of aliphatic carboxylic acids is 1. The van der Waals surface area contributed by atoms with Crippen LogP contribution in [0.5, 0.6) is 0 Å². The van der Waals surface area contributed by atoms with Gasteiger partial charge in [0, 0.05) is 18.8 Å². The maximum absolute atomic E-state index is 12.1. The summed E-state index contributed by atoms with van der Waals surface area (Å²) in [6.07, 6.45) is 13.3. The number of nitrogens with zero attached hydrogens (tertiary/aromatic N) is 1. The topological polar surface area (TPSA) is 66.4 Å². The predicted octanol–water partition coefficient (Wildman–Crippen LogP) is 4.08. The summed E-state index contributed by atoms with van der Waals surface area (Å²) >= 11 is 0. The summed E-state index contributed by atoms with van der Waals surface area (Å²) < 4.78 is 5.94. The second kappa shape index (κ2) is 15.8. The number of carboxylic acid groups (broad SMARTS) is 1. The first kappa shape index (κ1) is 26.9. The number of esters is 1. The second-order valence-electron chi connectivity index (χ2n) is 9.42. The Hall–Kier alpha value is -1.10. The van der Waals surface area contributed by atoms with Gasteiger partial charge >= 0.3 is 5.97 Å². The third kappa shape index (κ3) is 18.3. The SMILES string of the molecule is CCCCCCCCCCC(C)CCCC(=O)OC(CC(=O)[O-])C[N+](C)(C)C. The zero-order chi connectivity index (χ0) is 21.4. The monoisotopic (exact) mass is 399 g/mol.